The highest BCUT2D eigenvalue weighted by Gasteiger charge is 2.26. The minimum absolute atomic E-state index is 0.119. The van der Waals surface area contributed by atoms with E-state index in [0.717, 1.165) is 30.0 Å². The summed E-state index contributed by atoms with van der Waals surface area (Å²) in [6, 6.07) is 10.3. The summed E-state index contributed by atoms with van der Waals surface area (Å²) in [7, 11) is 0. The lowest BCUT2D eigenvalue weighted by Gasteiger charge is -2.18. The molecule has 1 fully saturated rings. The number of rotatable bonds is 2. The molecule has 0 amide bonds. The van der Waals surface area contributed by atoms with E-state index in [1.54, 1.807) is 6.20 Å². The highest BCUT2D eigenvalue weighted by molar-refractivity contribution is 5.86. The summed E-state index contributed by atoms with van der Waals surface area (Å²) < 4.78 is 5.96. The molecule has 0 saturated heterocycles. The molecule has 1 aliphatic rings. The van der Waals surface area contributed by atoms with Gasteiger partial charge in [-0.2, -0.15) is 0 Å². The zero-order chi connectivity index (χ0) is 11.7. The quantitative estimate of drug-likeness (QED) is 0.859. The molecule has 0 spiro atoms. The summed E-state index contributed by atoms with van der Waals surface area (Å²) >= 11 is 0. The van der Waals surface area contributed by atoms with Gasteiger partial charge in [-0.3, -0.25) is 0 Å². The molecule has 1 aromatic heterocycles. The summed E-state index contributed by atoms with van der Waals surface area (Å²) in [6.45, 7) is 0. The van der Waals surface area contributed by atoms with Gasteiger partial charge < -0.3 is 10.5 Å². The fourth-order valence-electron chi connectivity index (χ4n) is 2.43. The Bertz CT molecular complexity index is 521. The van der Waals surface area contributed by atoms with Crippen LogP contribution in [0.2, 0.25) is 0 Å². The second-order valence-corrected chi connectivity index (χ2v) is 4.59. The van der Waals surface area contributed by atoms with Crippen LogP contribution >= 0.6 is 0 Å². The van der Waals surface area contributed by atoms with Gasteiger partial charge in [0, 0.05) is 17.6 Å². The van der Waals surface area contributed by atoms with Crippen molar-refractivity contribution in [2.75, 3.05) is 0 Å². The Labute approximate surface area is 101 Å². The highest BCUT2D eigenvalue weighted by atomic mass is 16.5. The minimum atomic E-state index is 0.119. The van der Waals surface area contributed by atoms with E-state index in [-0.39, 0.29) is 12.1 Å². The van der Waals surface area contributed by atoms with Crippen molar-refractivity contribution in [3.8, 4) is 5.88 Å². The van der Waals surface area contributed by atoms with E-state index >= 15 is 0 Å². The molecule has 1 aromatic carbocycles. The van der Waals surface area contributed by atoms with Crippen molar-refractivity contribution >= 4 is 10.8 Å². The van der Waals surface area contributed by atoms with Crippen LogP contribution in [0.3, 0.4) is 0 Å². The number of nitrogens with zero attached hydrogens (tertiary/aromatic N) is 1. The monoisotopic (exact) mass is 228 g/mol. The van der Waals surface area contributed by atoms with Gasteiger partial charge in [0.2, 0.25) is 5.88 Å². The average Bonchev–Trinajstić information content (AvgIpc) is 2.76. The van der Waals surface area contributed by atoms with Gasteiger partial charge >= 0.3 is 0 Å². The molecule has 2 unspecified atom stereocenters. The lowest BCUT2D eigenvalue weighted by Crippen LogP contribution is -2.33. The van der Waals surface area contributed by atoms with Crippen molar-refractivity contribution < 1.29 is 4.74 Å². The zero-order valence-corrected chi connectivity index (χ0v) is 9.67. The van der Waals surface area contributed by atoms with Crippen molar-refractivity contribution in [3.63, 3.8) is 0 Å². The Morgan fingerprint density at radius 1 is 1.18 bits per heavy atom. The number of fused-ring (bicyclic) bond motifs is 1. The fourth-order valence-corrected chi connectivity index (χ4v) is 2.43. The Hall–Kier alpha value is -1.61. The molecule has 88 valence electrons. The molecule has 3 heteroatoms. The molecule has 2 N–H and O–H groups in total. The minimum Gasteiger partial charge on any atom is -0.472 e. The van der Waals surface area contributed by atoms with E-state index < -0.39 is 0 Å². The third-order valence-corrected chi connectivity index (χ3v) is 3.40. The standard InChI is InChI=1S/C14H16N2O/c15-12-6-3-7-13(12)17-14-11-5-2-1-4-10(11)8-9-16-14/h1-2,4-5,8-9,12-13H,3,6-7,15H2. The first-order chi connectivity index (χ1) is 8.34. The van der Waals surface area contributed by atoms with Gasteiger partial charge in [-0.25, -0.2) is 4.98 Å². The van der Waals surface area contributed by atoms with Crippen molar-refractivity contribution in [2.24, 2.45) is 5.73 Å². The van der Waals surface area contributed by atoms with E-state index in [0.29, 0.717) is 5.88 Å². The van der Waals surface area contributed by atoms with Crippen LogP contribution in [-0.2, 0) is 0 Å². The van der Waals surface area contributed by atoms with Crippen molar-refractivity contribution in [1.29, 1.82) is 0 Å². The number of benzene rings is 1. The van der Waals surface area contributed by atoms with E-state index in [1.165, 1.54) is 0 Å². The van der Waals surface area contributed by atoms with Gasteiger partial charge in [0.25, 0.3) is 0 Å². The number of aromatic nitrogens is 1. The average molecular weight is 228 g/mol. The maximum atomic E-state index is 6.02. The van der Waals surface area contributed by atoms with Crippen molar-refractivity contribution in [2.45, 2.75) is 31.4 Å². The first-order valence-corrected chi connectivity index (χ1v) is 6.10. The SMILES string of the molecule is NC1CCCC1Oc1nccc2ccccc12. The summed E-state index contributed by atoms with van der Waals surface area (Å²) in [5, 5.41) is 2.22. The second kappa shape index (κ2) is 4.34. The molecule has 0 radical (unpaired) electrons. The van der Waals surface area contributed by atoms with Gasteiger partial charge in [-0.1, -0.05) is 18.2 Å². The normalized spacial score (nSPS) is 24.1. The van der Waals surface area contributed by atoms with Crippen LogP contribution in [0.1, 0.15) is 19.3 Å². The third-order valence-electron chi connectivity index (χ3n) is 3.40. The molecule has 1 saturated carbocycles. The maximum Gasteiger partial charge on any atom is 0.221 e. The highest BCUT2D eigenvalue weighted by Crippen LogP contribution is 2.27. The Morgan fingerprint density at radius 3 is 2.88 bits per heavy atom. The van der Waals surface area contributed by atoms with Crippen LogP contribution in [0.15, 0.2) is 36.5 Å². The Balaban J connectivity index is 1.94. The molecule has 1 heterocycles. The summed E-state index contributed by atoms with van der Waals surface area (Å²) in [5.41, 5.74) is 6.02. The third kappa shape index (κ3) is 1.98. The molecular formula is C14H16N2O. The van der Waals surface area contributed by atoms with Crippen LogP contribution in [0.5, 0.6) is 5.88 Å². The molecule has 3 rings (SSSR count). The zero-order valence-electron chi connectivity index (χ0n) is 9.67. The van der Waals surface area contributed by atoms with E-state index in [9.17, 15) is 0 Å². The van der Waals surface area contributed by atoms with E-state index in [4.69, 9.17) is 10.5 Å². The van der Waals surface area contributed by atoms with E-state index in [2.05, 4.69) is 11.1 Å². The lowest BCUT2D eigenvalue weighted by atomic mass is 10.2. The molecule has 0 bridgehead atoms. The fraction of sp³-hybridized carbons (Fsp3) is 0.357. The maximum absolute atomic E-state index is 6.02. The molecular weight excluding hydrogens is 212 g/mol. The summed E-state index contributed by atoms with van der Waals surface area (Å²) in [5.74, 6) is 0.713. The van der Waals surface area contributed by atoms with Crippen LogP contribution in [0, 0.1) is 0 Å². The smallest absolute Gasteiger partial charge is 0.221 e. The van der Waals surface area contributed by atoms with E-state index in [1.807, 2.05) is 24.3 Å². The molecule has 2 atom stereocenters. The predicted molar refractivity (Wildman–Crippen MR) is 68.0 cm³/mol. The van der Waals surface area contributed by atoms with Crippen molar-refractivity contribution in [3.05, 3.63) is 36.5 Å². The number of hydrogen-bond donors (Lipinski definition) is 1. The number of nitrogens with two attached hydrogens (primary N) is 1. The van der Waals surface area contributed by atoms with Gasteiger partial charge in [0.15, 0.2) is 0 Å². The van der Waals surface area contributed by atoms with Gasteiger partial charge in [-0.05, 0) is 36.8 Å². The largest absolute Gasteiger partial charge is 0.472 e. The number of hydrogen-bond acceptors (Lipinski definition) is 3. The molecule has 0 aliphatic heterocycles. The molecule has 3 nitrogen and oxygen atoms in total. The summed E-state index contributed by atoms with van der Waals surface area (Å²) in [4.78, 5) is 4.33. The molecule has 2 aromatic rings. The number of pyridine rings is 1. The topological polar surface area (TPSA) is 48.1 Å². The molecule has 17 heavy (non-hydrogen) atoms. The van der Waals surface area contributed by atoms with Gasteiger partial charge in [0.1, 0.15) is 6.10 Å². The van der Waals surface area contributed by atoms with Crippen LogP contribution in [0.4, 0.5) is 0 Å². The first kappa shape index (κ1) is 10.5. The predicted octanol–water partition coefficient (Wildman–Crippen LogP) is 2.49. The van der Waals surface area contributed by atoms with Crippen LogP contribution in [0.25, 0.3) is 10.8 Å². The number of ether oxygens (including phenoxy) is 1. The van der Waals surface area contributed by atoms with Crippen molar-refractivity contribution in [1.82, 2.24) is 4.98 Å². The van der Waals surface area contributed by atoms with Gasteiger partial charge in [-0.15, -0.1) is 0 Å². The first-order valence-electron chi connectivity index (χ1n) is 6.10. The summed E-state index contributed by atoms with van der Waals surface area (Å²) in [6.07, 6.45) is 5.14. The Kier molecular flexibility index (Phi) is 2.69. The Morgan fingerprint density at radius 2 is 2.06 bits per heavy atom. The van der Waals surface area contributed by atoms with Crippen LogP contribution in [-0.4, -0.2) is 17.1 Å². The molecule has 1 aliphatic carbocycles. The van der Waals surface area contributed by atoms with Gasteiger partial charge in [0.05, 0.1) is 0 Å². The lowest BCUT2D eigenvalue weighted by molar-refractivity contribution is 0.186. The van der Waals surface area contributed by atoms with Crippen LogP contribution < -0.4 is 10.5 Å². The second-order valence-electron chi connectivity index (χ2n) is 4.59.